The van der Waals surface area contributed by atoms with Crippen molar-refractivity contribution in [2.75, 3.05) is 6.54 Å². The van der Waals surface area contributed by atoms with Crippen LogP contribution in [0.2, 0.25) is 0 Å². The molecule has 2 atom stereocenters. The van der Waals surface area contributed by atoms with E-state index in [1.807, 2.05) is 0 Å². The van der Waals surface area contributed by atoms with E-state index in [0.29, 0.717) is 17.9 Å². The molecule has 16 heavy (non-hydrogen) atoms. The van der Waals surface area contributed by atoms with Gasteiger partial charge in [0.2, 0.25) is 0 Å². The Hall–Kier alpha value is -0.970. The van der Waals surface area contributed by atoms with Crippen LogP contribution in [0.25, 0.3) is 0 Å². The maximum absolute atomic E-state index is 4.23. The van der Waals surface area contributed by atoms with Crippen LogP contribution >= 0.6 is 0 Å². The monoisotopic (exact) mass is 225 g/mol. The van der Waals surface area contributed by atoms with Crippen LogP contribution in [0.15, 0.2) is 0 Å². The van der Waals surface area contributed by atoms with E-state index in [4.69, 9.17) is 0 Å². The van der Waals surface area contributed by atoms with Crippen molar-refractivity contribution < 1.29 is 0 Å². The Labute approximate surface area is 97.6 Å². The van der Waals surface area contributed by atoms with Gasteiger partial charge in [0, 0.05) is 12.5 Å². The fourth-order valence-electron chi connectivity index (χ4n) is 1.77. The third-order valence-electron chi connectivity index (χ3n) is 3.10. The molecule has 1 aromatic rings. The highest BCUT2D eigenvalue weighted by Gasteiger charge is 2.21. The van der Waals surface area contributed by atoms with Crippen molar-refractivity contribution in [2.45, 2.75) is 40.2 Å². The number of likely N-dealkylation sites (N-methyl/N-ethyl adjacent to an activating group) is 1. The molecule has 0 aromatic carbocycles. The highest BCUT2D eigenvalue weighted by atomic mass is 15.6. The second kappa shape index (κ2) is 5.94. The van der Waals surface area contributed by atoms with E-state index in [1.165, 1.54) is 4.80 Å². The summed E-state index contributed by atoms with van der Waals surface area (Å²) >= 11 is 0. The Balaban J connectivity index is 2.63. The van der Waals surface area contributed by atoms with Gasteiger partial charge in [0.25, 0.3) is 0 Å². The molecule has 0 amide bonds. The first-order valence-corrected chi connectivity index (χ1v) is 6.00. The molecule has 0 fully saturated rings. The van der Waals surface area contributed by atoms with Crippen LogP contribution in [0.1, 0.15) is 33.5 Å². The fraction of sp³-hybridized carbons (Fsp3) is 0.909. The summed E-state index contributed by atoms with van der Waals surface area (Å²) in [5, 5.41) is 15.6. The number of nitrogens with one attached hydrogen (secondary N) is 1. The van der Waals surface area contributed by atoms with Gasteiger partial charge in [0.05, 0.1) is 7.05 Å². The van der Waals surface area contributed by atoms with E-state index >= 15 is 0 Å². The minimum absolute atomic E-state index is 0.425. The lowest BCUT2D eigenvalue weighted by atomic mass is 9.88. The summed E-state index contributed by atoms with van der Waals surface area (Å²) in [5.74, 6) is 2.07. The molecule has 1 rings (SSSR count). The molecule has 5 heteroatoms. The van der Waals surface area contributed by atoms with Crippen LogP contribution in [0.4, 0.5) is 0 Å². The number of hydrogen-bond acceptors (Lipinski definition) is 4. The summed E-state index contributed by atoms with van der Waals surface area (Å²) in [7, 11) is 1.80. The van der Waals surface area contributed by atoms with Gasteiger partial charge >= 0.3 is 0 Å². The van der Waals surface area contributed by atoms with Crippen LogP contribution in [-0.4, -0.2) is 32.8 Å². The molecule has 0 aliphatic heterocycles. The summed E-state index contributed by atoms with van der Waals surface area (Å²) in [5.41, 5.74) is 0. The van der Waals surface area contributed by atoms with E-state index in [9.17, 15) is 0 Å². The Kier molecular flexibility index (Phi) is 4.86. The molecule has 1 N–H and O–H groups in total. The van der Waals surface area contributed by atoms with Gasteiger partial charge in [-0.3, -0.25) is 0 Å². The zero-order valence-electron chi connectivity index (χ0n) is 10.9. The third kappa shape index (κ3) is 3.56. The van der Waals surface area contributed by atoms with Gasteiger partial charge in [-0.05, 0) is 23.6 Å². The minimum Gasteiger partial charge on any atom is -0.314 e. The summed E-state index contributed by atoms with van der Waals surface area (Å²) < 4.78 is 0. The maximum Gasteiger partial charge on any atom is 0.176 e. The van der Waals surface area contributed by atoms with Crippen molar-refractivity contribution >= 4 is 0 Å². The Morgan fingerprint density at radius 1 is 1.31 bits per heavy atom. The first kappa shape index (κ1) is 13.1. The molecular formula is C11H23N5. The maximum atomic E-state index is 4.23. The molecular weight excluding hydrogens is 202 g/mol. The van der Waals surface area contributed by atoms with Crippen LogP contribution in [0.3, 0.4) is 0 Å². The first-order valence-electron chi connectivity index (χ1n) is 6.00. The SMILES string of the molecule is CCNC(Cc1nnn(C)n1)C(C)C(C)C. The summed E-state index contributed by atoms with van der Waals surface area (Å²) in [6.45, 7) is 9.87. The molecule has 0 saturated carbocycles. The quantitative estimate of drug-likeness (QED) is 0.785. The Bertz CT molecular complexity index is 307. The van der Waals surface area contributed by atoms with Gasteiger partial charge in [-0.2, -0.15) is 4.80 Å². The number of nitrogens with zero attached hydrogens (tertiary/aromatic N) is 4. The Morgan fingerprint density at radius 2 is 2.00 bits per heavy atom. The van der Waals surface area contributed by atoms with Crippen LogP contribution < -0.4 is 5.32 Å². The van der Waals surface area contributed by atoms with Gasteiger partial charge in [-0.25, -0.2) is 0 Å². The lowest BCUT2D eigenvalue weighted by Crippen LogP contribution is -2.39. The average Bonchev–Trinajstić information content (AvgIpc) is 2.62. The number of aromatic nitrogens is 4. The second-order valence-electron chi connectivity index (χ2n) is 4.67. The second-order valence-corrected chi connectivity index (χ2v) is 4.67. The molecule has 0 saturated heterocycles. The summed E-state index contributed by atoms with van der Waals surface area (Å²) in [6.07, 6.45) is 0.848. The van der Waals surface area contributed by atoms with Crippen LogP contribution in [0.5, 0.6) is 0 Å². The zero-order chi connectivity index (χ0) is 12.1. The number of tetrazole rings is 1. The number of rotatable bonds is 6. The minimum atomic E-state index is 0.425. The van der Waals surface area contributed by atoms with Crippen molar-refractivity contribution in [1.29, 1.82) is 0 Å². The van der Waals surface area contributed by atoms with Gasteiger partial charge in [0.1, 0.15) is 0 Å². The van der Waals surface area contributed by atoms with Gasteiger partial charge < -0.3 is 5.32 Å². The molecule has 0 aliphatic rings. The first-order chi connectivity index (χ1) is 7.54. The third-order valence-corrected chi connectivity index (χ3v) is 3.10. The zero-order valence-corrected chi connectivity index (χ0v) is 10.9. The Morgan fingerprint density at radius 3 is 2.44 bits per heavy atom. The van der Waals surface area contributed by atoms with Gasteiger partial charge in [-0.1, -0.05) is 27.7 Å². The van der Waals surface area contributed by atoms with Gasteiger partial charge in [0.15, 0.2) is 5.82 Å². The predicted molar refractivity (Wildman–Crippen MR) is 64.0 cm³/mol. The van der Waals surface area contributed by atoms with Crippen LogP contribution in [0, 0.1) is 11.8 Å². The molecule has 0 spiro atoms. The number of aryl methyl sites for hydroxylation is 1. The van der Waals surface area contributed by atoms with E-state index < -0.39 is 0 Å². The molecule has 1 aromatic heterocycles. The number of hydrogen-bond donors (Lipinski definition) is 1. The molecule has 2 unspecified atom stereocenters. The fourth-order valence-corrected chi connectivity index (χ4v) is 1.77. The van der Waals surface area contributed by atoms with Crippen molar-refractivity contribution in [1.82, 2.24) is 25.5 Å². The molecule has 5 nitrogen and oxygen atoms in total. The van der Waals surface area contributed by atoms with Crippen molar-refractivity contribution in [3.8, 4) is 0 Å². The largest absolute Gasteiger partial charge is 0.314 e. The highest BCUT2D eigenvalue weighted by molar-refractivity contribution is 4.87. The van der Waals surface area contributed by atoms with Crippen LogP contribution in [-0.2, 0) is 13.5 Å². The normalized spacial score (nSPS) is 15.4. The predicted octanol–water partition coefficient (Wildman–Crippen LogP) is 1.02. The average molecular weight is 225 g/mol. The summed E-state index contributed by atoms with van der Waals surface area (Å²) in [4.78, 5) is 1.51. The molecule has 92 valence electrons. The van der Waals surface area contributed by atoms with E-state index in [2.05, 4.69) is 48.4 Å². The molecule has 0 aliphatic carbocycles. The smallest absolute Gasteiger partial charge is 0.176 e. The van der Waals surface area contributed by atoms with E-state index in [-0.39, 0.29) is 0 Å². The molecule has 1 heterocycles. The summed E-state index contributed by atoms with van der Waals surface area (Å²) in [6, 6.07) is 0.425. The van der Waals surface area contributed by atoms with Crippen molar-refractivity contribution in [3.63, 3.8) is 0 Å². The molecule has 0 radical (unpaired) electrons. The van der Waals surface area contributed by atoms with Crippen molar-refractivity contribution in [2.24, 2.45) is 18.9 Å². The van der Waals surface area contributed by atoms with Gasteiger partial charge in [-0.15, -0.1) is 10.2 Å². The van der Waals surface area contributed by atoms with E-state index in [1.54, 1.807) is 7.05 Å². The van der Waals surface area contributed by atoms with E-state index in [0.717, 1.165) is 18.8 Å². The highest BCUT2D eigenvalue weighted by Crippen LogP contribution is 2.16. The standard InChI is InChI=1S/C11H23N5/c1-6-12-10(9(4)8(2)3)7-11-13-15-16(5)14-11/h8-10,12H,6-7H2,1-5H3. The molecule has 0 bridgehead atoms. The topological polar surface area (TPSA) is 55.6 Å². The van der Waals surface area contributed by atoms with Crippen molar-refractivity contribution in [3.05, 3.63) is 5.82 Å². The lowest BCUT2D eigenvalue weighted by molar-refractivity contribution is 0.297. The lowest BCUT2D eigenvalue weighted by Gasteiger charge is -2.26.